The lowest BCUT2D eigenvalue weighted by Gasteiger charge is -1.77. The third kappa shape index (κ3) is 2.36. The summed E-state index contributed by atoms with van der Waals surface area (Å²) in [5.41, 5.74) is 0.743. The summed E-state index contributed by atoms with van der Waals surface area (Å²) in [6.45, 7) is 4.00. The average molecular weight is 160 g/mol. The van der Waals surface area contributed by atoms with Gasteiger partial charge in [0.2, 0.25) is 0 Å². The van der Waals surface area contributed by atoms with Crippen molar-refractivity contribution in [1.29, 1.82) is 0 Å². The van der Waals surface area contributed by atoms with E-state index in [0.29, 0.717) is 0 Å². The molecular weight excluding hydrogens is 147 g/mol. The molecule has 0 saturated carbocycles. The first kappa shape index (κ1) is 9.44. The Kier molecular flexibility index (Phi) is 4.05. The van der Waals surface area contributed by atoms with Crippen LogP contribution < -0.4 is 11.1 Å². The van der Waals surface area contributed by atoms with Gasteiger partial charge >= 0.3 is 5.69 Å². The second-order valence-electron chi connectivity index (χ2n) is 1.63. The predicted molar refractivity (Wildman–Crippen MR) is 46.7 cm³/mol. The summed E-state index contributed by atoms with van der Waals surface area (Å²) < 4.78 is 1.49. The minimum atomic E-state index is -0.0741. The van der Waals surface area contributed by atoms with Crippen LogP contribution in [-0.4, -0.2) is 9.55 Å². The molecule has 0 aliphatic rings. The fraction of sp³-hybridized carbons (Fsp3) is 0.500. The molecule has 0 fully saturated rings. The lowest BCUT2D eigenvalue weighted by Crippen LogP contribution is -2.12. The van der Waals surface area contributed by atoms with Crippen LogP contribution in [0, 0.1) is 0 Å². The molecular formula is C6H13N2OP. The standard InChI is InChI=1S/C4H7N2OP.C2H6/c1-6-2-3(8)5-4(6)7;1-2/h2H,8H2,1H3,(H,5,7);1-2H3. The van der Waals surface area contributed by atoms with Crippen LogP contribution in [0.4, 0.5) is 0 Å². The molecule has 4 heteroatoms. The monoisotopic (exact) mass is 160 g/mol. The van der Waals surface area contributed by atoms with Gasteiger partial charge in [-0.25, -0.2) is 4.79 Å². The Bertz CT molecular complexity index is 238. The highest BCUT2D eigenvalue weighted by molar-refractivity contribution is 7.26. The number of imidazole rings is 1. The summed E-state index contributed by atoms with van der Waals surface area (Å²) >= 11 is 0. The van der Waals surface area contributed by atoms with E-state index in [1.54, 1.807) is 13.2 Å². The second-order valence-corrected chi connectivity index (χ2v) is 2.25. The number of nitrogens with one attached hydrogen (secondary N) is 1. The first-order valence-corrected chi connectivity index (χ1v) is 3.79. The second kappa shape index (κ2) is 4.29. The number of aromatic nitrogens is 2. The number of hydrogen-bond donors (Lipinski definition) is 1. The number of hydrogen-bond acceptors (Lipinski definition) is 1. The van der Waals surface area contributed by atoms with Crippen LogP contribution in [0.5, 0.6) is 0 Å². The van der Waals surface area contributed by atoms with E-state index in [1.165, 1.54) is 4.57 Å². The van der Waals surface area contributed by atoms with Gasteiger partial charge in [-0.15, -0.1) is 0 Å². The van der Waals surface area contributed by atoms with Gasteiger partial charge in [0.15, 0.2) is 0 Å². The van der Waals surface area contributed by atoms with Crippen molar-refractivity contribution in [3.05, 3.63) is 16.7 Å². The molecule has 0 aliphatic carbocycles. The summed E-state index contributed by atoms with van der Waals surface area (Å²) in [5, 5.41) is 0. The zero-order valence-corrected chi connectivity index (χ0v) is 7.66. The molecule has 3 nitrogen and oxygen atoms in total. The minimum Gasteiger partial charge on any atom is -0.306 e. The molecule has 10 heavy (non-hydrogen) atoms. The van der Waals surface area contributed by atoms with Crippen LogP contribution in [0.2, 0.25) is 0 Å². The van der Waals surface area contributed by atoms with Gasteiger partial charge in [-0.1, -0.05) is 23.1 Å². The molecule has 1 atom stereocenters. The van der Waals surface area contributed by atoms with Gasteiger partial charge in [-0.3, -0.25) is 0 Å². The molecule has 1 aromatic rings. The van der Waals surface area contributed by atoms with Crippen molar-refractivity contribution >= 4 is 14.7 Å². The number of aromatic amines is 1. The van der Waals surface area contributed by atoms with Crippen LogP contribution in [0.25, 0.3) is 0 Å². The Hall–Kier alpha value is -0.560. The van der Waals surface area contributed by atoms with Crippen molar-refractivity contribution in [2.24, 2.45) is 7.05 Å². The van der Waals surface area contributed by atoms with Gasteiger partial charge in [0.05, 0.1) is 5.44 Å². The molecule has 0 saturated heterocycles. The van der Waals surface area contributed by atoms with Crippen molar-refractivity contribution in [3.8, 4) is 0 Å². The van der Waals surface area contributed by atoms with Crippen molar-refractivity contribution in [2.45, 2.75) is 13.8 Å². The molecule has 0 amide bonds. The SMILES string of the molecule is CC.Cn1cc(P)[nH]c1=O. The summed E-state index contributed by atoms with van der Waals surface area (Å²) in [6.07, 6.45) is 1.72. The quantitative estimate of drug-likeness (QED) is 0.542. The highest BCUT2D eigenvalue weighted by atomic mass is 31.0. The molecule has 58 valence electrons. The molecule has 0 radical (unpaired) electrons. The van der Waals surface area contributed by atoms with Crippen molar-refractivity contribution < 1.29 is 0 Å². The van der Waals surface area contributed by atoms with Gasteiger partial charge in [-0.2, -0.15) is 0 Å². The van der Waals surface area contributed by atoms with Crippen LogP contribution in [-0.2, 0) is 7.05 Å². The molecule has 0 aliphatic heterocycles. The van der Waals surface area contributed by atoms with Crippen molar-refractivity contribution in [1.82, 2.24) is 9.55 Å². The number of aryl methyl sites for hydroxylation is 1. The van der Waals surface area contributed by atoms with Gasteiger partial charge in [0.1, 0.15) is 0 Å². The van der Waals surface area contributed by atoms with Crippen LogP contribution in [0.1, 0.15) is 13.8 Å². The molecule has 1 heterocycles. The molecule has 0 aromatic carbocycles. The Balaban J connectivity index is 0.000000371. The first-order chi connectivity index (χ1) is 4.70. The van der Waals surface area contributed by atoms with Crippen LogP contribution in [0.3, 0.4) is 0 Å². The number of H-pyrrole nitrogens is 1. The van der Waals surface area contributed by atoms with Crippen LogP contribution in [0.15, 0.2) is 11.0 Å². The smallest absolute Gasteiger partial charge is 0.306 e. The van der Waals surface area contributed by atoms with Crippen molar-refractivity contribution in [3.63, 3.8) is 0 Å². The molecule has 1 N–H and O–H groups in total. The zero-order chi connectivity index (χ0) is 8.15. The van der Waals surface area contributed by atoms with E-state index in [9.17, 15) is 4.79 Å². The Morgan fingerprint density at radius 2 is 2.10 bits per heavy atom. The maximum Gasteiger partial charge on any atom is 0.325 e. The molecule has 0 bridgehead atoms. The Labute approximate surface area is 62.7 Å². The normalized spacial score (nSPS) is 8.40. The topological polar surface area (TPSA) is 37.8 Å². The van der Waals surface area contributed by atoms with Crippen LogP contribution >= 0.6 is 9.24 Å². The third-order valence-electron chi connectivity index (χ3n) is 0.904. The number of rotatable bonds is 0. The highest BCUT2D eigenvalue weighted by Gasteiger charge is 1.89. The van der Waals surface area contributed by atoms with E-state index >= 15 is 0 Å². The number of nitrogens with zero attached hydrogens (tertiary/aromatic N) is 1. The molecule has 1 rings (SSSR count). The van der Waals surface area contributed by atoms with E-state index in [1.807, 2.05) is 13.8 Å². The molecule has 0 spiro atoms. The van der Waals surface area contributed by atoms with Crippen molar-refractivity contribution in [2.75, 3.05) is 0 Å². The van der Waals surface area contributed by atoms with E-state index in [2.05, 4.69) is 14.2 Å². The fourth-order valence-corrected chi connectivity index (χ4v) is 0.858. The minimum absolute atomic E-state index is 0.0741. The summed E-state index contributed by atoms with van der Waals surface area (Å²) in [7, 11) is 4.11. The predicted octanol–water partition coefficient (Wildman–Crippen LogP) is 0.240. The lowest BCUT2D eigenvalue weighted by atomic mass is 10.9. The van der Waals surface area contributed by atoms with E-state index < -0.39 is 0 Å². The van der Waals surface area contributed by atoms with Gasteiger partial charge in [-0.05, 0) is 0 Å². The lowest BCUT2D eigenvalue weighted by molar-refractivity contribution is 0.862. The van der Waals surface area contributed by atoms with Gasteiger partial charge in [0, 0.05) is 13.2 Å². The maximum absolute atomic E-state index is 10.5. The Morgan fingerprint density at radius 3 is 2.20 bits per heavy atom. The maximum atomic E-state index is 10.5. The highest BCUT2D eigenvalue weighted by Crippen LogP contribution is 1.76. The zero-order valence-electron chi connectivity index (χ0n) is 6.51. The summed E-state index contributed by atoms with van der Waals surface area (Å²) in [6, 6.07) is 0. The Morgan fingerprint density at radius 1 is 1.60 bits per heavy atom. The summed E-state index contributed by atoms with van der Waals surface area (Å²) in [5.74, 6) is 0. The van der Waals surface area contributed by atoms with Gasteiger partial charge < -0.3 is 9.55 Å². The van der Waals surface area contributed by atoms with E-state index in [-0.39, 0.29) is 5.69 Å². The van der Waals surface area contributed by atoms with Gasteiger partial charge in [0.25, 0.3) is 0 Å². The molecule has 1 aromatic heterocycles. The van der Waals surface area contributed by atoms with E-state index in [0.717, 1.165) is 5.44 Å². The largest absolute Gasteiger partial charge is 0.325 e. The first-order valence-electron chi connectivity index (χ1n) is 3.21. The average Bonchev–Trinajstić information content (AvgIpc) is 2.16. The fourth-order valence-electron chi connectivity index (χ4n) is 0.511. The van der Waals surface area contributed by atoms with E-state index in [4.69, 9.17) is 0 Å². The third-order valence-corrected chi connectivity index (χ3v) is 1.20. The summed E-state index contributed by atoms with van der Waals surface area (Å²) in [4.78, 5) is 13.1. The molecule has 1 unspecified atom stereocenters.